The molecule has 2 rings (SSSR count). The van der Waals surface area contributed by atoms with Crippen LogP contribution in [0.2, 0.25) is 0 Å². The van der Waals surface area contributed by atoms with Crippen LogP contribution in [0.15, 0.2) is 6.33 Å². The zero-order valence-electron chi connectivity index (χ0n) is 9.75. The number of nitrogens with zero attached hydrogens (tertiary/aromatic N) is 3. The summed E-state index contributed by atoms with van der Waals surface area (Å²) >= 11 is 0. The number of hydrogen-bond donors (Lipinski definition) is 3. The van der Waals surface area contributed by atoms with Crippen LogP contribution in [0, 0.1) is 11.8 Å². The molecule has 0 saturated heterocycles. The third-order valence-electron chi connectivity index (χ3n) is 2.19. The van der Waals surface area contributed by atoms with Crippen LogP contribution < -0.4 is 11.1 Å². The van der Waals surface area contributed by atoms with Crippen LogP contribution in [0.25, 0.3) is 11.0 Å². The van der Waals surface area contributed by atoms with Gasteiger partial charge in [-0.05, 0) is 5.92 Å². The minimum absolute atomic E-state index is 0.146. The highest BCUT2D eigenvalue weighted by Crippen LogP contribution is 2.17. The minimum atomic E-state index is -4.93. The van der Waals surface area contributed by atoms with Crippen LogP contribution in [0.3, 0.4) is 0 Å². The molecule has 0 aromatic carbocycles. The summed E-state index contributed by atoms with van der Waals surface area (Å²) in [5.41, 5.74) is 6.17. The van der Waals surface area contributed by atoms with Crippen LogP contribution in [-0.2, 0) is 4.79 Å². The fourth-order valence-electron chi connectivity index (χ4n) is 1.33. The molecule has 7 nitrogen and oxygen atoms in total. The van der Waals surface area contributed by atoms with Gasteiger partial charge in [-0.1, -0.05) is 5.92 Å². The summed E-state index contributed by atoms with van der Waals surface area (Å²) in [6.45, 7) is -0.466. The van der Waals surface area contributed by atoms with Gasteiger partial charge in [0.25, 0.3) is 0 Å². The van der Waals surface area contributed by atoms with E-state index in [1.54, 1.807) is 5.32 Å². The molecule has 0 saturated carbocycles. The molecule has 0 aliphatic carbocycles. The van der Waals surface area contributed by atoms with Gasteiger partial charge in [-0.3, -0.25) is 9.89 Å². The predicted molar refractivity (Wildman–Crippen MR) is 62.0 cm³/mol. The van der Waals surface area contributed by atoms with Gasteiger partial charge in [0.15, 0.2) is 5.65 Å². The van der Waals surface area contributed by atoms with Crippen molar-refractivity contribution in [2.24, 2.45) is 0 Å². The number of fused-ring (bicyclic) bond motifs is 1. The molecule has 20 heavy (non-hydrogen) atoms. The van der Waals surface area contributed by atoms with Gasteiger partial charge in [0, 0.05) is 0 Å². The topological polar surface area (TPSA) is 110 Å². The number of H-pyrrole nitrogens is 1. The summed E-state index contributed by atoms with van der Waals surface area (Å²) in [5, 5.41) is 8.33. The van der Waals surface area contributed by atoms with E-state index >= 15 is 0 Å². The lowest BCUT2D eigenvalue weighted by atomic mass is 10.3. The number of hydrogen-bond acceptors (Lipinski definition) is 5. The SMILES string of the molecule is Nc1ncnc2n[nH]c(C#CCNC(=O)C(F)(F)F)c12. The van der Waals surface area contributed by atoms with Crippen molar-refractivity contribution in [2.45, 2.75) is 6.18 Å². The molecule has 0 bridgehead atoms. The molecule has 0 aliphatic heterocycles. The van der Waals surface area contributed by atoms with Gasteiger partial charge in [0.2, 0.25) is 0 Å². The Morgan fingerprint density at radius 3 is 2.90 bits per heavy atom. The van der Waals surface area contributed by atoms with Crippen molar-refractivity contribution < 1.29 is 18.0 Å². The normalized spacial score (nSPS) is 10.9. The zero-order valence-corrected chi connectivity index (χ0v) is 9.75. The monoisotopic (exact) mass is 284 g/mol. The Hall–Kier alpha value is -2.83. The molecule has 2 aromatic heterocycles. The maximum atomic E-state index is 11.9. The second-order valence-corrected chi connectivity index (χ2v) is 3.54. The molecular weight excluding hydrogens is 277 g/mol. The number of nitrogens with two attached hydrogens (primary N) is 1. The lowest BCUT2D eigenvalue weighted by Crippen LogP contribution is -2.36. The van der Waals surface area contributed by atoms with Gasteiger partial charge >= 0.3 is 12.1 Å². The molecule has 0 radical (unpaired) electrons. The van der Waals surface area contributed by atoms with Crippen molar-refractivity contribution in [3.63, 3.8) is 0 Å². The fourth-order valence-corrected chi connectivity index (χ4v) is 1.33. The number of aromatic nitrogens is 4. The Labute approximate surface area is 109 Å². The molecule has 0 aliphatic rings. The van der Waals surface area contributed by atoms with E-state index in [9.17, 15) is 18.0 Å². The van der Waals surface area contributed by atoms with Crippen LogP contribution in [0.1, 0.15) is 5.69 Å². The molecule has 104 valence electrons. The summed E-state index contributed by atoms with van der Waals surface area (Å²) in [6, 6.07) is 0. The number of rotatable bonds is 1. The molecule has 2 aromatic rings. The highest BCUT2D eigenvalue weighted by Gasteiger charge is 2.38. The molecule has 0 spiro atoms. The number of nitrogen functional groups attached to an aromatic ring is 1. The highest BCUT2D eigenvalue weighted by atomic mass is 19.4. The van der Waals surface area contributed by atoms with Crippen LogP contribution in [0.4, 0.5) is 19.0 Å². The molecule has 1 amide bonds. The second-order valence-electron chi connectivity index (χ2n) is 3.54. The number of amides is 1. The molecule has 4 N–H and O–H groups in total. The number of carbonyl (C=O) groups is 1. The summed E-state index contributed by atoms with van der Waals surface area (Å²) in [7, 11) is 0. The number of aromatic amines is 1. The lowest BCUT2D eigenvalue weighted by Gasteiger charge is -2.03. The third kappa shape index (κ3) is 2.77. The first-order chi connectivity index (χ1) is 9.39. The summed E-state index contributed by atoms with van der Waals surface area (Å²) in [4.78, 5) is 18.1. The van der Waals surface area contributed by atoms with E-state index < -0.39 is 18.6 Å². The smallest absolute Gasteiger partial charge is 0.383 e. The zero-order chi connectivity index (χ0) is 14.8. The van der Waals surface area contributed by atoms with Crippen molar-refractivity contribution in [1.82, 2.24) is 25.5 Å². The van der Waals surface area contributed by atoms with Crippen molar-refractivity contribution in [1.29, 1.82) is 0 Å². The Kier molecular flexibility index (Phi) is 3.43. The molecule has 0 unspecified atom stereocenters. The maximum absolute atomic E-state index is 11.9. The molecule has 0 atom stereocenters. The Balaban J connectivity index is 2.11. The van der Waals surface area contributed by atoms with Gasteiger partial charge in [-0.2, -0.15) is 18.3 Å². The van der Waals surface area contributed by atoms with E-state index in [4.69, 9.17) is 5.73 Å². The van der Waals surface area contributed by atoms with Crippen LogP contribution in [-0.4, -0.2) is 38.8 Å². The molecule has 2 heterocycles. The largest absolute Gasteiger partial charge is 0.471 e. The molecule has 0 fully saturated rings. The van der Waals surface area contributed by atoms with Crippen molar-refractivity contribution in [2.75, 3.05) is 12.3 Å². The number of carbonyl (C=O) groups excluding carboxylic acids is 1. The number of nitrogens with one attached hydrogen (secondary N) is 2. The lowest BCUT2D eigenvalue weighted by molar-refractivity contribution is -0.173. The average Bonchev–Trinajstić information content (AvgIpc) is 2.78. The van der Waals surface area contributed by atoms with Gasteiger partial charge in [-0.25, -0.2) is 9.97 Å². The Morgan fingerprint density at radius 1 is 1.45 bits per heavy atom. The maximum Gasteiger partial charge on any atom is 0.471 e. The fraction of sp³-hybridized carbons (Fsp3) is 0.200. The van der Waals surface area contributed by atoms with Crippen molar-refractivity contribution >= 4 is 22.8 Å². The molecule has 10 heteroatoms. The van der Waals surface area contributed by atoms with Gasteiger partial charge in [-0.15, -0.1) is 0 Å². The van der Waals surface area contributed by atoms with Gasteiger partial charge in [0.1, 0.15) is 17.8 Å². The van der Waals surface area contributed by atoms with Crippen LogP contribution >= 0.6 is 0 Å². The van der Waals surface area contributed by atoms with Crippen molar-refractivity contribution in [3.05, 3.63) is 12.0 Å². The van der Waals surface area contributed by atoms with Gasteiger partial charge in [0.05, 0.1) is 11.9 Å². The number of anilines is 1. The second kappa shape index (κ2) is 5.04. The Morgan fingerprint density at radius 2 is 2.20 bits per heavy atom. The van der Waals surface area contributed by atoms with E-state index in [0.717, 1.165) is 0 Å². The minimum Gasteiger partial charge on any atom is -0.383 e. The summed E-state index contributed by atoms with van der Waals surface area (Å²) in [5.74, 6) is 2.94. The van der Waals surface area contributed by atoms with Crippen LogP contribution in [0.5, 0.6) is 0 Å². The summed E-state index contributed by atoms with van der Waals surface area (Å²) < 4.78 is 35.7. The van der Waals surface area contributed by atoms with Crippen molar-refractivity contribution in [3.8, 4) is 11.8 Å². The first kappa shape index (κ1) is 13.6. The molecular formula is C10H7F3N6O. The predicted octanol–water partition coefficient (Wildman–Crippen LogP) is -0.0349. The summed E-state index contributed by atoms with van der Waals surface area (Å²) in [6.07, 6.45) is -3.71. The Bertz CT molecular complexity index is 711. The first-order valence-corrected chi connectivity index (χ1v) is 5.18. The van der Waals surface area contributed by atoms with E-state index in [1.807, 2.05) is 0 Å². The third-order valence-corrected chi connectivity index (χ3v) is 2.19. The number of halogens is 3. The average molecular weight is 284 g/mol. The highest BCUT2D eigenvalue weighted by molar-refractivity contribution is 5.89. The standard InChI is InChI=1S/C10H7F3N6O/c11-10(12,13)9(20)15-3-1-2-5-6-7(14)16-4-17-8(6)19-18-5/h4H,3H2,(H,15,20)(H3,14,16,17,18,19). The van der Waals surface area contributed by atoms with E-state index in [2.05, 4.69) is 32.0 Å². The quantitative estimate of drug-likeness (QED) is 0.637. The number of alkyl halides is 3. The van der Waals surface area contributed by atoms with E-state index in [0.29, 0.717) is 11.0 Å². The van der Waals surface area contributed by atoms with E-state index in [1.165, 1.54) is 6.33 Å². The first-order valence-electron chi connectivity index (χ1n) is 5.18. The van der Waals surface area contributed by atoms with Gasteiger partial charge < -0.3 is 11.1 Å². The van der Waals surface area contributed by atoms with E-state index in [-0.39, 0.29) is 11.5 Å².